The van der Waals surface area contributed by atoms with Gasteiger partial charge >= 0.3 is 0 Å². The van der Waals surface area contributed by atoms with Crippen LogP contribution in [0.15, 0.2) is 36.4 Å². The van der Waals surface area contributed by atoms with E-state index < -0.39 is 0 Å². The quantitative estimate of drug-likeness (QED) is 0.567. The molecule has 0 aliphatic carbocycles. The van der Waals surface area contributed by atoms with Gasteiger partial charge in [-0.2, -0.15) is 0 Å². The van der Waals surface area contributed by atoms with Crippen LogP contribution in [0.1, 0.15) is 42.6 Å². The maximum Gasteiger partial charge on any atom is 0.196 e. The Morgan fingerprint density at radius 3 is 2.42 bits per heavy atom. The van der Waals surface area contributed by atoms with Crippen molar-refractivity contribution in [3.8, 4) is 23.0 Å². The van der Waals surface area contributed by atoms with Gasteiger partial charge in [0.15, 0.2) is 17.3 Å². The Labute approximate surface area is 141 Å². The van der Waals surface area contributed by atoms with Gasteiger partial charge in [-0.3, -0.25) is 4.79 Å². The molecule has 0 heterocycles. The van der Waals surface area contributed by atoms with E-state index in [1.807, 2.05) is 13.8 Å². The number of rotatable bonds is 8. The second-order valence-electron chi connectivity index (χ2n) is 5.33. The standard InChI is InChI=1S/C19H22O5/c1-3-5-10-24-18-9-6-13(11-17(18)21)19(22)15-8-7-14(23-4-2)12-16(15)20/h6-9,11-12,20-21H,3-5,10H2,1-2H3. The summed E-state index contributed by atoms with van der Waals surface area (Å²) in [6.07, 6.45) is 1.88. The zero-order valence-electron chi connectivity index (χ0n) is 13.9. The molecule has 0 radical (unpaired) electrons. The minimum atomic E-state index is -0.383. The number of phenolic OH excluding ortho intramolecular Hbond substituents is 2. The van der Waals surface area contributed by atoms with Crippen LogP contribution in [0, 0.1) is 0 Å². The molecule has 2 aromatic rings. The van der Waals surface area contributed by atoms with E-state index in [1.165, 1.54) is 18.2 Å². The number of ketones is 1. The van der Waals surface area contributed by atoms with Gasteiger partial charge in [-0.1, -0.05) is 13.3 Å². The number of aromatic hydroxyl groups is 2. The molecule has 0 aromatic heterocycles. The Morgan fingerprint density at radius 1 is 1.00 bits per heavy atom. The minimum Gasteiger partial charge on any atom is -0.507 e. The molecule has 24 heavy (non-hydrogen) atoms. The van der Waals surface area contributed by atoms with Crippen molar-refractivity contribution >= 4 is 5.78 Å². The summed E-state index contributed by atoms with van der Waals surface area (Å²) in [6.45, 7) is 4.87. The molecule has 0 atom stereocenters. The maximum absolute atomic E-state index is 12.5. The van der Waals surface area contributed by atoms with Crippen LogP contribution < -0.4 is 9.47 Å². The van der Waals surface area contributed by atoms with E-state index >= 15 is 0 Å². The molecule has 128 valence electrons. The van der Waals surface area contributed by atoms with E-state index in [0.717, 1.165) is 12.8 Å². The second kappa shape index (κ2) is 8.24. The van der Waals surface area contributed by atoms with Gasteiger partial charge in [0.2, 0.25) is 0 Å². The number of hydrogen-bond acceptors (Lipinski definition) is 5. The monoisotopic (exact) mass is 330 g/mol. The Kier molecular flexibility index (Phi) is 6.07. The van der Waals surface area contributed by atoms with Crippen LogP contribution in [-0.2, 0) is 0 Å². The molecule has 0 fully saturated rings. The van der Waals surface area contributed by atoms with Gasteiger partial charge in [-0.15, -0.1) is 0 Å². The molecule has 0 saturated carbocycles. The summed E-state index contributed by atoms with van der Waals surface area (Å²) >= 11 is 0. The number of unbranched alkanes of at least 4 members (excludes halogenated alkanes) is 1. The maximum atomic E-state index is 12.5. The van der Waals surface area contributed by atoms with Crippen molar-refractivity contribution in [1.29, 1.82) is 0 Å². The number of benzene rings is 2. The highest BCUT2D eigenvalue weighted by Crippen LogP contribution is 2.30. The van der Waals surface area contributed by atoms with E-state index in [0.29, 0.717) is 24.7 Å². The fourth-order valence-electron chi connectivity index (χ4n) is 2.22. The van der Waals surface area contributed by atoms with E-state index in [1.54, 1.807) is 18.2 Å². The zero-order valence-corrected chi connectivity index (χ0v) is 13.9. The van der Waals surface area contributed by atoms with Gasteiger partial charge in [0.1, 0.15) is 11.5 Å². The highest BCUT2D eigenvalue weighted by atomic mass is 16.5. The molecule has 5 heteroatoms. The lowest BCUT2D eigenvalue weighted by atomic mass is 10.0. The van der Waals surface area contributed by atoms with Gasteiger partial charge in [0.05, 0.1) is 18.8 Å². The lowest BCUT2D eigenvalue weighted by Crippen LogP contribution is -2.03. The van der Waals surface area contributed by atoms with E-state index in [4.69, 9.17) is 9.47 Å². The molecule has 0 aliphatic heterocycles. The molecule has 0 spiro atoms. The lowest BCUT2D eigenvalue weighted by molar-refractivity contribution is 0.103. The molecular weight excluding hydrogens is 308 g/mol. The Hall–Kier alpha value is -2.69. The Bertz CT molecular complexity index is 709. The average Bonchev–Trinajstić information content (AvgIpc) is 2.56. The van der Waals surface area contributed by atoms with Crippen molar-refractivity contribution < 1.29 is 24.5 Å². The van der Waals surface area contributed by atoms with Crippen LogP contribution in [0.2, 0.25) is 0 Å². The first-order chi connectivity index (χ1) is 11.6. The topological polar surface area (TPSA) is 76.0 Å². The third kappa shape index (κ3) is 4.19. The number of ether oxygens (including phenoxy) is 2. The van der Waals surface area contributed by atoms with E-state index in [-0.39, 0.29) is 28.4 Å². The number of hydrogen-bond donors (Lipinski definition) is 2. The number of carbonyl (C=O) groups excluding carboxylic acids is 1. The van der Waals surface area contributed by atoms with Crippen LogP contribution in [-0.4, -0.2) is 29.2 Å². The fourth-order valence-corrected chi connectivity index (χ4v) is 2.22. The van der Waals surface area contributed by atoms with Crippen molar-refractivity contribution in [3.05, 3.63) is 47.5 Å². The summed E-state index contributed by atoms with van der Waals surface area (Å²) in [5, 5.41) is 20.0. The SMILES string of the molecule is CCCCOc1ccc(C(=O)c2ccc(OCC)cc2O)cc1O. The van der Waals surface area contributed by atoms with Crippen molar-refractivity contribution in [2.75, 3.05) is 13.2 Å². The van der Waals surface area contributed by atoms with Crippen molar-refractivity contribution in [1.82, 2.24) is 0 Å². The lowest BCUT2D eigenvalue weighted by Gasteiger charge is -2.10. The highest BCUT2D eigenvalue weighted by molar-refractivity contribution is 6.11. The van der Waals surface area contributed by atoms with Crippen LogP contribution in [0.5, 0.6) is 23.0 Å². The van der Waals surface area contributed by atoms with Gasteiger partial charge < -0.3 is 19.7 Å². The zero-order chi connectivity index (χ0) is 17.5. The van der Waals surface area contributed by atoms with E-state index in [2.05, 4.69) is 0 Å². The summed E-state index contributed by atoms with van der Waals surface area (Å²) in [4.78, 5) is 12.5. The third-order valence-corrected chi connectivity index (χ3v) is 3.50. The van der Waals surface area contributed by atoms with Gasteiger partial charge in [-0.25, -0.2) is 0 Å². The normalized spacial score (nSPS) is 10.4. The number of phenols is 2. The first-order valence-corrected chi connectivity index (χ1v) is 8.03. The van der Waals surface area contributed by atoms with Crippen LogP contribution in [0.25, 0.3) is 0 Å². The largest absolute Gasteiger partial charge is 0.507 e. The average molecular weight is 330 g/mol. The van der Waals surface area contributed by atoms with Gasteiger partial charge in [0.25, 0.3) is 0 Å². The molecular formula is C19H22O5. The third-order valence-electron chi connectivity index (χ3n) is 3.50. The fraction of sp³-hybridized carbons (Fsp3) is 0.316. The Balaban J connectivity index is 2.19. The molecule has 0 bridgehead atoms. The molecule has 0 unspecified atom stereocenters. The summed E-state index contributed by atoms with van der Waals surface area (Å²) in [6, 6.07) is 9.01. The molecule has 2 N–H and O–H groups in total. The predicted molar refractivity (Wildman–Crippen MR) is 91.2 cm³/mol. The Morgan fingerprint density at radius 2 is 1.79 bits per heavy atom. The van der Waals surface area contributed by atoms with Crippen molar-refractivity contribution in [2.24, 2.45) is 0 Å². The van der Waals surface area contributed by atoms with Crippen LogP contribution in [0.4, 0.5) is 0 Å². The minimum absolute atomic E-state index is 0.0950. The predicted octanol–water partition coefficient (Wildman–Crippen LogP) is 3.91. The van der Waals surface area contributed by atoms with Gasteiger partial charge in [-0.05, 0) is 43.7 Å². The first-order valence-electron chi connectivity index (χ1n) is 8.03. The van der Waals surface area contributed by atoms with Crippen LogP contribution in [0.3, 0.4) is 0 Å². The summed E-state index contributed by atoms with van der Waals surface area (Å²) in [5.74, 6) is 0.201. The molecule has 0 amide bonds. The van der Waals surface area contributed by atoms with Crippen molar-refractivity contribution in [2.45, 2.75) is 26.7 Å². The summed E-state index contributed by atoms with van der Waals surface area (Å²) in [7, 11) is 0. The highest BCUT2D eigenvalue weighted by Gasteiger charge is 2.16. The second-order valence-corrected chi connectivity index (χ2v) is 5.33. The van der Waals surface area contributed by atoms with E-state index in [9.17, 15) is 15.0 Å². The molecule has 2 rings (SSSR count). The number of carbonyl (C=O) groups is 1. The summed E-state index contributed by atoms with van der Waals surface area (Å²) in [5.41, 5.74) is 0.423. The molecule has 2 aromatic carbocycles. The summed E-state index contributed by atoms with van der Waals surface area (Å²) < 4.78 is 10.7. The van der Waals surface area contributed by atoms with Gasteiger partial charge in [0, 0.05) is 11.6 Å². The molecule has 0 aliphatic rings. The smallest absolute Gasteiger partial charge is 0.196 e. The first kappa shape index (κ1) is 17.7. The van der Waals surface area contributed by atoms with Crippen LogP contribution >= 0.6 is 0 Å². The van der Waals surface area contributed by atoms with Crippen molar-refractivity contribution in [3.63, 3.8) is 0 Å². The molecule has 0 saturated heterocycles. The molecule has 5 nitrogen and oxygen atoms in total.